The first-order valence-electron chi connectivity index (χ1n) is 9.46. The molecule has 3 rings (SSSR count). The fraction of sp³-hybridized carbons (Fsp3) is 0.524. The first kappa shape index (κ1) is 17.9. The molecular formula is C21H29N3O. The van der Waals surface area contributed by atoms with Gasteiger partial charge in [-0.3, -0.25) is 9.78 Å². The summed E-state index contributed by atoms with van der Waals surface area (Å²) >= 11 is 0. The third-order valence-electron chi connectivity index (χ3n) is 5.19. The van der Waals surface area contributed by atoms with Crippen molar-refractivity contribution < 1.29 is 4.79 Å². The normalized spacial score (nSPS) is 15.5. The van der Waals surface area contributed by atoms with E-state index in [1.165, 1.54) is 37.9 Å². The summed E-state index contributed by atoms with van der Waals surface area (Å²) in [5, 5.41) is 0.972. The SMILES string of the molecule is CCc1ccc2nc(C)cc(C(=O)N(C)CCN3CCCCC3)c2c1. The molecule has 1 fully saturated rings. The Morgan fingerprint density at radius 2 is 1.96 bits per heavy atom. The molecule has 1 amide bonds. The Morgan fingerprint density at radius 3 is 2.68 bits per heavy atom. The number of pyridine rings is 1. The summed E-state index contributed by atoms with van der Waals surface area (Å²) in [6, 6.07) is 8.18. The van der Waals surface area contributed by atoms with Crippen LogP contribution in [0.25, 0.3) is 10.9 Å². The van der Waals surface area contributed by atoms with Crippen LogP contribution in [0.3, 0.4) is 0 Å². The van der Waals surface area contributed by atoms with Crippen LogP contribution >= 0.6 is 0 Å². The summed E-state index contributed by atoms with van der Waals surface area (Å²) in [5.41, 5.74) is 3.82. The van der Waals surface area contributed by atoms with E-state index >= 15 is 0 Å². The molecular weight excluding hydrogens is 310 g/mol. The molecule has 25 heavy (non-hydrogen) atoms. The lowest BCUT2D eigenvalue weighted by Crippen LogP contribution is -2.38. The van der Waals surface area contributed by atoms with Crippen LogP contribution in [0, 0.1) is 6.92 Å². The van der Waals surface area contributed by atoms with Gasteiger partial charge in [0.1, 0.15) is 0 Å². The van der Waals surface area contributed by atoms with Crippen molar-refractivity contribution >= 4 is 16.8 Å². The van der Waals surface area contributed by atoms with Gasteiger partial charge in [-0.05, 0) is 63.0 Å². The zero-order valence-corrected chi connectivity index (χ0v) is 15.7. The summed E-state index contributed by atoms with van der Waals surface area (Å²) in [6.45, 7) is 8.16. The minimum absolute atomic E-state index is 0.0979. The molecule has 2 aromatic rings. The van der Waals surface area contributed by atoms with Crippen LogP contribution in [-0.2, 0) is 6.42 Å². The summed E-state index contributed by atoms with van der Waals surface area (Å²) in [5.74, 6) is 0.0979. The van der Waals surface area contributed by atoms with Gasteiger partial charge in [0, 0.05) is 31.2 Å². The van der Waals surface area contributed by atoms with E-state index in [2.05, 4.69) is 28.9 Å². The Bertz CT molecular complexity index is 750. The number of fused-ring (bicyclic) bond motifs is 1. The molecule has 0 radical (unpaired) electrons. The van der Waals surface area contributed by atoms with Crippen molar-refractivity contribution in [3.63, 3.8) is 0 Å². The largest absolute Gasteiger partial charge is 0.340 e. The molecule has 134 valence electrons. The van der Waals surface area contributed by atoms with Crippen LogP contribution in [0.15, 0.2) is 24.3 Å². The highest BCUT2D eigenvalue weighted by Crippen LogP contribution is 2.22. The van der Waals surface area contributed by atoms with Crippen LogP contribution in [0.5, 0.6) is 0 Å². The van der Waals surface area contributed by atoms with Gasteiger partial charge in [-0.25, -0.2) is 0 Å². The maximum atomic E-state index is 13.1. The first-order chi connectivity index (χ1) is 12.1. The van der Waals surface area contributed by atoms with Gasteiger partial charge in [0.05, 0.1) is 11.1 Å². The number of likely N-dealkylation sites (tertiary alicyclic amines) is 1. The van der Waals surface area contributed by atoms with E-state index in [0.717, 1.165) is 41.7 Å². The van der Waals surface area contributed by atoms with Crippen molar-refractivity contribution in [3.8, 4) is 0 Å². The van der Waals surface area contributed by atoms with Crippen molar-refractivity contribution in [2.45, 2.75) is 39.5 Å². The lowest BCUT2D eigenvalue weighted by atomic mass is 10.0. The molecule has 4 nitrogen and oxygen atoms in total. The second kappa shape index (κ2) is 7.96. The Hall–Kier alpha value is -1.94. The lowest BCUT2D eigenvalue weighted by Gasteiger charge is -2.28. The third-order valence-corrected chi connectivity index (χ3v) is 5.19. The van der Waals surface area contributed by atoms with Gasteiger partial charge < -0.3 is 9.80 Å². The molecule has 1 aromatic carbocycles. The van der Waals surface area contributed by atoms with E-state index in [1.807, 2.05) is 31.0 Å². The maximum Gasteiger partial charge on any atom is 0.254 e. The van der Waals surface area contributed by atoms with E-state index in [0.29, 0.717) is 0 Å². The molecule has 1 saturated heterocycles. The standard InChI is InChI=1S/C21H29N3O/c1-4-17-8-9-20-18(15-17)19(14-16(2)22-20)21(25)23(3)12-13-24-10-6-5-7-11-24/h8-9,14-15H,4-7,10-13H2,1-3H3. The van der Waals surface area contributed by atoms with Gasteiger partial charge in [-0.1, -0.05) is 19.4 Å². The summed E-state index contributed by atoms with van der Waals surface area (Å²) < 4.78 is 0. The number of likely N-dealkylation sites (N-methyl/N-ethyl adjacent to an activating group) is 1. The number of hydrogen-bond acceptors (Lipinski definition) is 3. The molecule has 0 atom stereocenters. The van der Waals surface area contributed by atoms with Gasteiger partial charge in [-0.2, -0.15) is 0 Å². The molecule has 1 aliphatic rings. The van der Waals surface area contributed by atoms with Crippen LogP contribution in [0.4, 0.5) is 0 Å². The second-order valence-electron chi connectivity index (χ2n) is 7.15. The van der Waals surface area contributed by atoms with Gasteiger partial charge >= 0.3 is 0 Å². The summed E-state index contributed by atoms with van der Waals surface area (Å²) in [7, 11) is 1.91. The number of rotatable bonds is 5. The number of benzene rings is 1. The Kier molecular flexibility index (Phi) is 5.69. The highest BCUT2D eigenvalue weighted by molar-refractivity contribution is 6.06. The number of nitrogens with zero attached hydrogens (tertiary/aromatic N) is 3. The van der Waals surface area contributed by atoms with E-state index in [1.54, 1.807) is 0 Å². The number of amides is 1. The topological polar surface area (TPSA) is 36.4 Å². The molecule has 1 aliphatic heterocycles. The highest BCUT2D eigenvalue weighted by Gasteiger charge is 2.18. The predicted molar refractivity (Wildman–Crippen MR) is 103 cm³/mol. The second-order valence-corrected chi connectivity index (χ2v) is 7.15. The number of hydrogen-bond donors (Lipinski definition) is 0. The van der Waals surface area contributed by atoms with E-state index in [-0.39, 0.29) is 5.91 Å². The minimum atomic E-state index is 0.0979. The number of carbonyl (C=O) groups excluding carboxylic acids is 1. The van der Waals surface area contributed by atoms with Gasteiger partial charge in [0.15, 0.2) is 0 Å². The van der Waals surface area contributed by atoms with Crippen LogP contribution < -0.4 is 0 Å². The smallest absolute Gasteiger partial charge is 0.254 e. The minimum Gasteiger partial charge on any atom is -0.340 e. The van der Waals surface area contributed by atoms with E-state index in [9.17, 15) is 4.79 Å². The molecule has 0 unspecified atom stereocenters. The average molecular weight is 339 g/mol. The van der Waals surface area contributed by atoms with E-state index < -0.39 is 0 Å². The van der Waals surface area contributed by atoms with Crippen molar-refractivity contribution in [2.24, 2.45) is 0 Å². The molecule has 0 saturated carbocycles. The number of piperidine rings is 1. The zero-order chi connectivity index (χ0) is 17.8. The summed E-state index contributed by atoms with van der Waals surface area (Å²) in [4.78, 5) is 22.0. The Balaban J connectivity index is 1.80. The van der Waals surface area contributed by atoms with Gasteiger partial charge in [0.25, 0.3) is 5.91 Å². The van der Waals surface area contributed by atoms with Crippen LogP contribution in [0.2, 0.25) is 0 Å². The Labute approximate surface area is 150 Å². The van der Waals surface area contributed by atoms with Gasteiger partial charge in [0.2, 0.25) is 0 Å². The maximum absolute atomic E-state index is 13.1. The molecule has 0 bridgehead atoms. The molecule has 0 N–H and O–H groups in total. The van der Waals surface area contributed by atoms with Crippen LogP contribution in [0.1, 0.15) is 47.8 Å². The van der Waals surface area contributed by atoms with Crippen molar-refractivity contribution in [1.82, 2.24) is 14.8 Å². The third kappa shape index (κ3) is 4.18. The number of aromatic nitrogens is 1. The monoisotopic (exact) mass is 339 g/mol. The highest BCUT2D eigenvalue weighted by atomic mass is 16.2. The molecule has 0 aliphatic carbocycles. The Morgan fingerprint density at radius 1 is 1.20 bits per heavy atom. The fourth-order valence-electron chi connectivity index (χ4n) is 3.58. The number of carbonyl (C=O) groups is 1. The van der Waals surface area contributed by atoms with Crippen molar-refractivity contribution in [3.05, 3.63) is 41.1 Å². The molecule has 4 heteroatoms. The lowest BCUT2D eigenvalue weighted by molar-refractivity contribution is 0.0774. The molecule has 2 heterocycles. The zero-order valence-electron chi connectivity index (χ0n) is 15.7. The van der Waals surface area contributed by atoms with Crippen LogP contribution in [-0.4, -0.2) is 53.9 Å². The summed E-state index contributed by atoms with van der Waals surface area (Å²) in [6.07, 6.45) is 4.87. The quantitative estimate of drug-likeness (QED) is 0.834. The predicted octanol–water partition coefficient (Wildman–Crippen LogP) is 3.66. The molecule has 1 aromatic heterocycles. The van der Waals surface area contributed by atoms with Crippen molar-refractivity contribution in [1.29, 1.82) is 0 Å². The van der Waals surface area contributed by atoms with E-state index in [4.69, 9.17) is 0 Å². The van der Waals surface area contributed by atoms with Crippen molar-refractivity contribution in [2.75, 3.05) is 33.2 Å². The first-order valence-corrected chi connectivity index (χ1v) is 9.46. The molecule has 0 spiro atoms. The number of aryl methyl sites for hydroxylation is 2. The average Bonchev–Trinajstić information content (AvgIpc) is 2.65. The fourth-order valence-corrected chi connectivity index (χ4v) is 3.58. The van der Waals surface area contributed by atoms with Gasteiger partial charge in [-0.15, -0.1) is 0 Å².